The molecule has 1 fully saturated rings. The van der Waals surface area contributed by atoms with Crippen molar-refractivity contribution in [3.8, 4) is 0 Å². The summed E-state index contributed by atoms with van der Waals surface area (Å²) in [5.41, 5.74) is 0.538. The van der Waals surface area contributed by atoms with Crippen molar-refractivity contribution < 1.29 is 4.79 Å². The van der Waals surface area contributed by atoms with E-state index in [0.29, 0.717) is 19.4 Å². The van der Waals surface area contributed by atoms with Gasteiger partial charge in [0.25, 0.3) is 5.56 Å². The Bertz CT molecular complexity index is 879. The molecule has 2 aromatic rings. The smallest absolute Gasteiger partial charge is 0.328 e. The Labute approximate surface area is 158 Å². The molecule has 0 saturated heterocycles. The van der Waals surface area contributed by atoms with E-state index in [9.17, 15) is 14.4 Å². The minimum absolute atomic E-state index is 0.0571. The summed E-state index contributed by atoms with van der Waals surface area (Å²) in [6.07, 6.45) is 7.04. The van der Waals surface area contributed by atoms with Crippen molar-refractivity contribution in [1.82, 2.24) is 14.5 Å². The SMILES string of the molecule is CN(CC1(c2ccccc2)CCCC1)C(=O)CCCn1ccc(=O)[nH]c1=O. The van der Waals surface area contributed by atoms with E-state index in [4.69, 9.17) is 0 Å². The van der Waals surface area contributed by atoms with Crippen LogP contribution in [0.1, 0.15) is 44.1 Å². The summed E-state index contributed by atoms with van der Waals surface area (Å²) >= 11 is 0. The normalized spacial score (nSPS) is 15.6. The van der Waals surface area contributed by atoms with E-state index >= 15 is 0 Å². The van der Waals surface area contributed by atoms with Crippen LogP contribution in [0.2, 0.25) is 0 Å². The molecule has 0 atom stereocenters. The fraction of sp³-hybridized carbons (Fsp3) is 0.476. The lowest BCUT2D eigenvalue weighted by atomic mass is 9.78. The van der Waals surface area contributed by atoms with Crippen molar-refractivity contribution in [3.05, 3.63) is 69.0 Å². The van der Waals surface area contributed by atoms with E-state index in [1.165, 1.54) is 35.2 Å². The minimum Gasteiger partial charge on any atom is -0.345 e. The first-order valence-electron chi connectivity index (χ1n) is 9.59. The molecule has 1 heterocycles. The van der Waals surface area contributed by atoms with Crippen LogP contribution < -0.4 is 11.2 Å². The Kier molecular flexibility index (Phi) is 5.94. The second kappa shape index (κ2) is 8.37. The molecule has 1 amide bonds. The summed E-state index contributed by atoms with van der Waals surface area (Å²) in [6.45, 7) is 1.15. The molecule has 6 heteroatoms. The topological polar surface area (TPSA) is 75.2 Å². The van der Waals surface area contributed by atoms with Crippen LogP contribution in [0.15, 0.2) is 52.2 Å². The number of aromatic nitrogens is 2. The number of aryl methyl sites for hydroxylation is 1. The summed E-state index contributed by atoms with van der Waals surface area (Å²) in [5, 5.41) is 0. The molecule has 144 valence electrons. The van der Waals surface area contributed by atoms with Gasteiger partial charge < -0.3 is 9.47 Å². The van der Waals surface area contributed by atoms with E-state index in [0.717, 1.165) is 19.4 Å². The summed E-state index contributed by atoms with van der Waals surface area (Å²) < 4.78 is 1.43. The molecule has 1 aliphatic rings. The first-order valence-corrected chi connectivity index (χ1v) is 9.59. The molecule has 6 nitrogen and oxygen atoms in total. The highest BCUT2D eigenvalue weighted by atomic mass is 16.2. The molecule has 27 heavy (non-hydrogen) atoms. The number of likely N-dealkylation sites (N-methyl/N-ethyl adjacent to an activating group) is 1. The standard InChI is InChI=1S/C21H27N3O3/c1-23(16-21(12-5-6-13-21)17-8-3-2-4-9-17)19(26)10-7-14-24-15-11-18(25)22-20(24)27/h2-4,8-9,11,15H,5-7,10,12-14,16H2,1H3,(H,22,25,27). The van der Waals surface area contributed by atoms with Crippen molar-refractivity contribution in [2.24, 2.45) is 0 Å². The largest absolute Gasteiger partial charge is 0.345 e. The lowest BCUT2D eigenvalue weighted by Crippen LogP contribution is -2.40. The van der Waals surface area contributed by atoms with Crippen LogP contribution in [0, 0.1) is 0 Å². The Morgan fingerprint density at radius 1 is 1.15 bits per heavy atom. The zero-order chi connectivity index (χ0) is 19.3. The van der Waals surface area contributed by atoms with Crippen LogP contribution in [0.25, 0.3) is 0 Å². The summed E-state index contributed by atoms with van der Waals surface area (Å²) in [5.74, 6) is 0.0923. The lowest BCUT2D eigenvalue weighted by Gasteiger charge is -2.34. The Balaban J connectivity index is 1.58. The van der Waals surface area contributed by atoms with Crippen LogP contribution in [-0.4, -0.2) is 34.0 Å². The third kappa shape index (κ3) is 4.56. The number of carbonyl (C=O) groups is 1. The molecule has 1 N–H and O–H groups in total. The molecule has 1 aromatic heterocycles. The van der Waals surface area contributed by atoms with Gasteiger partial charge in [-0.15, -0.1) is 0 Å². The fourth-order valence-electron chi connectivity index (χ4n) is 4.14. The number of aromatic amines is 1. The average molecular weight is 369 g/mol. The highest BCUT2D eigenvalue weighted by Gasteiger charge is 2.37. The first kappa shape index (κ1) is 19.1. The van der Waals surface area contributed by atoms with Crippen molar-refractivity contribution in [2.45, 2.75) is 50.5 Å². The number of nitrogens with zero attached hydrogens (tertiary/aromatic N) is 2. The van der Waals surface area contributed by atoms with E-state index in [2.05, 4.69) is 29.2 Å². The quantitative estimate of drug-likeness (QED) is 0.814. The van der Waals surface area contributed by atoms with Gasteiger partial charge in [-0.2, -0.15) is 0 Å². The maximum absolute atomic E-state index is 12.6. The van der Waals surface area contributed by atoms with E-state index in [1.54, 1.807) is 0 Å². The molecule has 0 bridgehead atoms. The number of H-pyrrole nitrogens is 1. The number of hydrogen-bond acceptors (Lipinski definition) is 3. The van der Waals surface area contributed by atoms with Gasteiger partial charge in [-0.25, -0.2) is 4.79 Å². The highest BCUT2D eigenvalue weighted by molar-refractivity contribution is 5.76. The van der Waals surface area contributed by atoms with Crippen molar-refractivity contribution in [3.63, 3.8) is 0 Å². The van der Waals surface area contributed by atoms with E-state index < -0.39 is 11.2 Å². The zero-order valence-electron chi connectivity index (χ0n) is 15.8. The number of benzene rings is 1. The predicted molar refractivity (Wildman–Crippen MR) is 105 cm³/mol. The second-order valence-corrected chi connectivity index (χ2v) is 7.51. The maximum Gasteiger partial charge on any atom is 0.328 e. The fourth-order valence-corrected chi connectivity index (χ4v) is 4.14. The van der Waals surface area contributed by atoms with Gasteiger partial charge in [0.05, 0.1) is 0 Å². The van der Waals surface area contributed by atoms with Gasteiger partial charge in [-0.05, 0) is 24.8 Å². The van der Waals surface area contributed by atoms with Crippen LogP contribution in [-0.2, 0) is 16.8 Å². The Hall–Kier alpha value is -2.63. The van der Waals surface area contributed by atoms with Gasteiger partial charge in [0.1, 0.15) is 0 Å². The molecular weight excluding hydrogens is 342 g/mol. The maximum atomic E-state index is 12.6. The van der Waals surface area contributed by atoms with E-state index in [1.807, 2.05) is 18.0 Å². The third-order valence-electron chi connectivity index (χ3n) is 5.60. The molecular formula is C21H27N3O3. The van der Waals surface area contributed by atoms with Gasteiger partial charge >= 0.3 is 5.69 Å². The minimum atomic E-state index is -0.433. The lowest BCUT2D eigenvalue weighted by molar-refractivity contribution is -0.130. The summed E-state index contributed by atoms with van der Waals surface area (Å²) in [7, 11) is 1.87. The Morgan fingerprint density at radius 3 is 2.52 bits per heavy atom. The molecule has 0 aliphatic heterocycles. The van der Waals surface area contributed by atoms with Crippen LogP contribution >= 0.6 is 0 Å². The van der Waals surface area contributed by atoms with Crippen LogP contribution in [0.3, 0.4) is 0 Å². The van der Waals surface area contributed by atoms with Gasteiger partial charge in [0, 0.05) is 44.2 Å². The monoisotopic (exact) mass is 369 g/mol. The molecule has 0 unspecified atom stereocenters. The number of rotatable bonds is 7. The molecule has 1 saturated carbocycles. The summed E-state index contributed by atoms with van der Waals surface area (Å²) in [4.78, 5) is 39.5. The third-order valence-corrected chi connectivity index (χ3v) is 5.60. The van der Waals surface area contributed by atoms with Crippen molar-refractivity contribution >= 4 is 5.91 Å². The average Bonchev–Trinajstić information content (AvgIpc) is 3.14. The van der Waals surface area contributed by atoms with Gasteiger partial charge in [0.15, 0.2) is 0 Å². The molecule has 1 aliphatic carbocycles. The number of hydrogen-bond donors (Lipinski definition) is 1. The van der Waals surface area contributed by atoms with Crippen LogP contribution in [0.4, 0.5) is 0 Å². The highest BCUT2D eigenvalue weighted by Crippen LogP contribution is 2.41. The zero-order valence-corrected chi connectivity index (χ0v) is 15.8. The molecule has 1 aromatic carbocycles. The number of amides is 1. The van der Waals surface area contributed by atoms with Gasteiger partial charge in [-0.3, -0.25) is 14.6 Å². The van der Waals surface area contributed by atoms with E-state index in [-0.39, 0.29) is 11.3 Å². The van der Waals surface area contributed by atoms with Crippen molar-refractivity contribution in [2.75, 3.05) is 13.6 Å². The van der Waals surface area contributed by atoms with Crippen molar-refractivity contribution in [1.29, 1.82) is 0 Å². The van der Waals surface area contributed by atoms with Gasteiger partial charge in [0.2, 0.25) is 5.91 Å². The number of nitrogens with one attached hydrogen (secondary N) is 1. The first-order chi connectivity index (χ1) is 13.0. The molecule has 0 spiro atoms. The molecule has 3 rings (SSSR count). The summed E-state index contributed by atoms with van der Waals surface area (Å²) in [6, 6.07) is 11.8. The van der Waals surface area contributed by atoms with Crippen LogP contribution in [0.5, 0.6) is 0 Å². The number of carbonyl (C=O) groups excluding carboxylic acids is 1. The van der Waals surface area contributed by atoms with Gasteiger partial charge in [-0.1, -0.05) is 43.2 Å². The Morgan fingerprint density at radius 2 is 1.85 bits per heavy atom. The molecule has 0 radical (unpaired) electrons. The predicted octanol–water partition coefficient (Wildman–Crippen LogP) is 2.29. The second-order valence-electron chi connectivity index (χ2n) is 7.51.